The van der Waals surface area contributed by atoms with Crippen molar-refractivity contribution < 1.29 is 26.1 Å². The molecule has 1 heterocycles. The first-order valence-corrected chi connectivity index (χ1v) is 8.16. The molecule has 0 radical (unpaired) electrons. The standard InChI is InChI=1S/C19H18FN3O3.ClH/c20-18-4-2-1-3-17(18)19-10-9-16(26-19)13-21-11-12-22-14-5-7-15(8-6-14)23(24)25;/h1-10,21-22H,11-13H2;1H/p-1. The molecule has 0 unspecified atom stereocenters. The van der Waals surface area contributed by atoms with Crippen LogP contribution in [0.4, 0.5) is 15.8 Å². The molecular formula is C19H18ClFN3O3-. The highest BCUT2D eigenvalue weighted by atomic mass is 35.5. The maximum absolute atomic E-state index is 13.7. The lowest BCUT2D eigenvalue weighted by Gasteiger charge is -2.07. The summed E-state index contributed by atoms with van der Waals surface area (Å²) in [6.07, 6.45) is 0. The van der Waals surface area contributed by atoms with Crippen LogP contribution in [0.1, 0.15) is 5.76 Å². The molecule has 0 bridgehead atoms. The maximum atomic E-state index is 13.7. The van der Waals surface area contributed by atoms with E-state index in [2.05, 4.69) is 10.6 Å². The number of hydrogen-bond donors (Lipinski definition) is 2. The van der Waals surface area contributed by atoms with E-state index in [0.717, 1.165) is 11.4 Å². The molecule has 0 aliphatic heterocycles. The molecule has 0 fully saturated rings. The molecule has 0 amide bonds. The fourth-order valence-electron chi connectivity index (χ4n) is 2.49. The summed E-state index contributed by atoms with van der Waals surface area (Å²) >= 11 is 0. The number of halogens is 2. The number of rotatable bonds is 8. The average Bonchev–Trinajstić information content (AvgIpc) is 3.11. The second-order valence-corrected chi connectivity index (χ2v) is 5.65. The topological polar surface area (TPSA) is 80.3 Å². The minimum atomic E-state index is -0.426. The van der Waals surface area contributed by atoms with Crippen LogP contribution < -0.4 is 23.0 Å². The van der Waals surface area contributed by atoms with Gasteiger partial charge >= 0.3 is 0 Å². The van der Waals surface area contributed by atoms with E-state index in [9.17, 15) is 14.5 Å². The van der Waals surface area contributed by atoms with Crippen LogP contribution in [0, 0.1) is 15.9 Å². The van der Waals surface area contributed by atoms with Gasteiger partial charge in [0.2, 0.25) is 0 Å². The predicted molar refractivity (Wildman–Crippen MR) is 97.4 cm³/mol. The third kappa shape index (κ3) is 5.54. The van der Waals surface area contributed by atoms with E-state index in [1.807, 2.05) is 6.07 Å². The molecule has 2 aromatic carbocycles. The summed E-state index contributed by atoms with van der Waals surface area (Å²) < 4.78 is 19.4. The van der Waals surface area contributed by atoms with Crippen molar-refractivity contribution in [3.8, 4) is 11.3 Å². The number of hydrogen-bond acceptors (Lipinski definition) is 5. The van der Waals surface area contributed by atoms with E-state index in [4.69, 9.17) is 4.42 Å². The van der Waals surface area contributed by atoms with Gasteiger partial charge in [-0.3, -0.25) is 10.1 Å². The van der Waals surface area contributed by atoms with Crippen LogP contribution in [-0.4, -0.2) is 18.0 Å². The molecular weight excluding hydrogens is 373 g/mol. The SMILES string of the molecule is O=[N+]([O-])c1ccc(NCCNCc2ccc(-c3ccccc3F)o2)cc1.[Cl-]. The zero-order valence-electron chi connectivity index (χ0n) is 14.3. The number of non-ortho nitro benzene ring substituents is 1. The van der Waals surface area contributed by atoms with Crippen molar-refractivity contribution in [3.63, 3.8) is 0 Å². The van der Waals surface area contributed by atoms with Gasteiger partial charge in [-0.25, -0.2) is 4.39 Å². The minimum absolute atomic E-state index is 0. The number of nitrogens with zero attached hydrogens (tertiary/aromatic N) is 1. The van der Waals surface area contributed by atoms with Gasteiger partial charge in [-0.1, -0.05) is 12.1 Å². The van der Waals surface area contributed by atoms with Gasteiger partial charge in [-0.2, -0.15) is 0 Å². The van der Waals surface area contributed by atoms with Gasteiger partial charge < -0.3 is 27.5 Å². The van der Waals surface area contributed by atoms with Crippen molar-refractivity contribution >= 4 is 11.4 Å². The summed E-state index contributed by atoms with van der Waals surface area (Å²) in [5.41, 5.74) is 1.33. The van der Waals surface area contributed by atoms with Crippen molar-refractivity contribution in [2.24, 2.45) is 0 Å². The molecule has 6 nitrogen and oxygen atoms in total. The molecule has 0 atom stereocenters. The van der Waals surface area contributed by atoms with E-state index in [1.165, 1.54) is 18.2 Å². The van der Waals surface area contributed by atoms with E-state index < -0.39 is 4.92 Å². The van der Waals surface area contributed by atoms with E-state index in [0.29, 0.717) is 31.0 Å². The van der Waals surface area contributed by atoms with E-state index in [-0.39, 0.29) is 23.9 Å². The first kappa shape index (κ1) is 20.4. The largest absolute Gasteiger partial charge is 1.00 e. The Hall–Kier alpha value is -2.90. The van der Waals surface area contributed by atoms with Gasteiger partial charge in [0.05, 0.1) is 17.0 Å². The number of nitro groups is 1. The Morgan fingerprint density at radius 1 is 1.00 bits per heavy atom. The molecule has 142 valence electrons. The summed E-state index contributed by atoms with van der Waals surface area (Å²) in [6, 6.07) is 16.3. The molecule has 2 N–H and O–H groups in total. The molecule has 0 aliphatic rings. The van der Waals surface area contributed by atoms with E-state index in [1.54, 1.807) is 36.4 Å². The fourth-order valence-corrected chi connectivity index (χ4v) is 2.49. The molecule has 8 heteroatoms. The quantitative estimate of drug-likeness (QED) is 0.343. The maximum Gasteiger partial charge on any atom is 0.269 e. The smallest absolute Gasteiger partial charge is 0.269 e. The van der Waals surface area contributed by atoms with Crippen LogP contribution in [0.3, 0.4) is 0 Å². The van der Waals surface area contributed by atoms with Crippen molar-refractivity contribution in [2.75, 3.05) is 18.4 Å². The monoisotopic (exact) mass is 390 g/mol. The zero-order valence-corrected chi connectivity index (χ0v) is 15.1. The first-order valence-electron chi connectivity index (χ1n) is 8.16. The van der Waals surface area contributed by atoms with Crippen LogP contribution in [0.2, 0.25) is 0 Å². The van der Waals surface area contributed by atoms with Crippen LogP contribution in [0.5, 0.6) is 0 Å². The number of nitro benzene ring substituents is 1. The van der Waals surface area contributed by atoms with Crippen LogP contribution in [0.25, 0.3) is 11.3 Å². The molecule has 27 heavy (non-hydrogen) atoms. The lowest BCUT2D eigenvalue weighted by molar-refractivity contribution is -0.384. The van der Waals surface area contributed by atoms with Gasteiger partial charge in [0, 0.05) is 30.9 Å². The Balaban J connectivity index is 0.00000261. The second kappa shape index (κ2) is 9.70. The Bertz CT molecular complexity index is 884. The van der Waals surface area contributed by atoms with Crippen LogP contribution in [-0.2, 0) is 6.54 Å². The molecule has 0 saturated carbocycles. The van der Waals surface area contributed by atoms with Crippen molar-refractivity contribution in [1.82, 2.24) is 5.32 Å². The number of anilines is 1. The number of nitrogens with one attached hydrogen (secondary N) is 2. The number of benzene rings is 2. The first-order chi connectivity index (χ1) is 12.6. The Kier molecular flexibility index (Phi) is 7.34. The molecule has 0 spiro atoms. The fraction of sp³-hybridized carbons (Fsp3) is 0.158. The second-order valence-electron chi connectivity index (χ2n) is 5.65. The molecule has 1 aromatic heterocycles. The van der Waals surface area contributed by atoms with Crippen LogP contribution in [0.15, 0.2) is 65.1 Å². The molecule has 3 rings (SSSR count). The highest BCUT2D eigenvalue weighted by molar-refractivity contribution is 5.58. The summed E-state index contributed by atoms with van der Waals surface area (Å²) in [4.78, 5) is 10.2. The zero-order chi connectivity index (χ0) is 18.4. The third-order valence-electron chi connectivity index (χ3n) is 3.81. The van der Waals surface area contributed by atoms with Crippen molar-refractivity contribution in [3.05, 3.63) is 82.4 Å². The Morgan fingerprint density at radius 3 is 2.44 bits per heavy atom. The lowest BCUT2D eigenvalue weighted by Crippen LogP contribution is -3.00. The van der Waals surface area contributed by atoms with Crippen molar-refractivity contribution in [2.45, 2.75) is 6.54 Å². The predicted octanol–water partition coefficient (Wildman–Crippen LogP) is 1.20. The Morgan fingerprint density at radius 2 is 1.74 bits per heavy atom. The normalized spacial score (nSPS) is 10.3. The van der Waals surface area contributed by atoms with Crippen LogP contribution >= 0.6 is 0 Å². The highest BCUT2D eigenvalue weighted by Gasteiger charge is 2.08. The van der Waals surface area contributed by atoms with Gasteiger partial charge in [0.15, 0.2) is 0 Å². The van der Waals surface area contributed by atoms with E-state index >= 15 is 0 Å². The summed E-state index contributed by atoms with van der Waals surface area (Å²) in [7, 11) is 0. The van der Waals surface area contributed by atoms with Gasteiger partial charge in [-0.05, 0) is 36.4 Å². The lowest BCUT2D eigenvalue weighted by atomic mass is 10.1. The summed E-state index contributed by atoms with van der Waals surface area (Å²) in [5, 5.41) is 17.0. The van der Waals surface area contributed by atoms with Gasteiger partial charge in [-0.15, -0.1) is 0 Å². The number of furan rings is 1. The average molecular weight is 391 g/mol. The van der Waals surface area contributed by atoms with Gasteiger partial charge in [0.1, 0.15) is 17.3 Å². The van der Waals surface area contributed by atoms with Crippen molar-refractivity contribution in [1.29, 1.82) is 0 Å². The molecule has 3 aromatic rings. The van der Waals surface area contributed by atoms with Gasteiger partial charge in [0.25, 0.3) is 5.69 Å². The third-order valence-corrected chi connectivity index (χ3v) is 3.81. The molecule has 0 saturated heterocycles. The highest BCUT2D eigenvalue weighted by Crippen LogP contribution is 2.24. The molecule has 0 aliphatic carbocycles. The minimum Gasteiger partial charge on any atom is -1.00 e. The Labute approximate surface area is 162 Å². The summed E-state index contributed by atoms with van der Waals surface area (Å²) in [5.74, 6) is 0.913. The summed E-state index contributed by atoms with van der Waals surface area (Å²) in [6.45, 7) is 1.85.